The highest BCUT2D eigenvalue weighted by molar-refractivity contribution is 5.88. The van der Waals surface area contributed by atoms with Gasteiger partial charge in [0, 0.05) is 17.1 Å². The van der Waals surface area contributed by atoms with Crippen LogP contribution in [-0.2, 0) is 0 Å². The zero-order chi connectivity index (χ0) is 46.6. The summed E-state index contributed by atoms with van der Waals surface area (Å²) in [7, 11) is 0. The molecule has 0 fully saturated rings. The Labute approximate surface area is 272 Å². The maximum atomic E-state index is 9.58. The van der Waals surface area contributed by atoms with E-state index in [0.717, 1.165) is 5.39 Å². The zero-order valence-electron chi connectivity index (χ0n) is 43.0. The minimum Gasteiger partial charge on any atom is -0.310 e. The molecule has 0 aliphatic carbocycles. The molecule has 0 bridgehead atoms. The van der Waals surface area contributed by atoms with Gasteiger partial charge in [-0.1, -0.05) is 133 Å². The maximum Gasteiger partial charge on any atom is 0.0651 e. The molecule has 0 unspecified atom stereocenters. The fraction of sp³-hybridized carbons (Fsp3) is 0. The Morgan fingerprint density at radius 3 is 1.46 bits per heavy atom. The average molecular weight is 546 g/mol. The van der Waals surface area contributed by atoms with Gasteiger partial charge in [-0.3, -0.25) is 0 Å². The van der Waals surface area contributed by atoms with Crippen molar-refractivity contribution in [3.8, 4) is 33.4 Å². The number of nitrogens with zero attached hydrogens (tertiary/aromatic N) is 1. The van der Waals surface area contributed by atoms with Crippen molar-refractivity contribution in [1.82, 2.24) is 0 Å². The third kappa shape index (κ3) is 5.14. The Kier molecular flexibility index (Phi) is 2.83. The lowest BCUT2D eigenvalue weighted by molar-refractivity contribution is 1.28. The Morgan fingerprint density at radius 1 is 0.366 bits per heavy atom. The van der Waals surface area contributed by atoms with Crippen molar-refractivity contribution in [3.05, 3.63) is 175 Å². The third-order valence-corrected chi connectivity index (χ3v) is 6.04. The van der Waals surface area contributed by atoms with Gasteiger partial charge in [0.25, 0.3) is 0 Å². The predicted molar refractivity (Wildman–Crippen MR) is 175 cm³/mol. The van der Waals surface area contributed by atoms with Crippen molar-refractivity contribution in [2.75, 3.05) is 4.90 Å². The Hall–Kier alpha value is -5.40. The fourth-order valence-corrected chi connectivity index (χ4v) is 4.11. The molecular formula is C40H29N. The third-order valence-electron chi connectivity index (χ3n) is 6.04. The normalized spacial score (nSPS) is 18.4. The zero-order valence-corrected chi connectivity index (χ0v) is 21.0. The van der Waals surface area contributed by atoms with Gasteiger partial charge in [-0.15, -0.1) is 0 Å². The molecule has 0 aliphatic heterocycles. The molecule has 0 amide bonds. The number of benzene rings is 7. The molecule has 0 radical (unpaired) electrons. The molecular weight excluding hydrogens is 494 g/mol. The molecule has 194 valence electrons. The molecule has 0 aromatic heterocycles. The number of rotatable bonds is 6. The second kappa shape index (κ2) is 11.0. The van der Waals surface area contributed by atoms with Crippen LogP contribution in [0.15, 0.2) is 175 Å². The summed E-state index contributed by atoms with van der Waals surface area (Å²) in [5.41, 5.74) is -5.78. The van der Waals surface area contributed by atoms with E-state index in [2.05, 4.69) is 0 Å². The summed E-state index contributed by atoms with van der Waals surface area (Å²) >= 11 is 0. The van der Waals surface area contributed by atoms with E-state index in [1.165, 1.54) is 6.07 Å². The van der Waals surface area contributed by atoms with Crippen LogP contribution in [0.25, 0.3) is 44.2 Å². The van der Waals surface area contributed by atoms with Crippen LogP contribution in [0.5, 0.6) is 0 Å². The monoisotopic (exact) mass is 545 g/mol. The summed E-state index contributed by atoms with van der Waals surface area (Å²) < 4.78 is 193. The van der Waals surface area contributed by atoms with E-state index in [1.807, 2.05) is 0 Å². The minimum atomic E-state index is -1.09. The second-order valence-corrected chi connectivity index (χ2v) is 8.57. The summed E-state index contributed by atoms with van der Waals surface area (Å²) in [5, 5.41) is 1.40. The molecule has 0 aliphatic rings. The molecule has 7 rings (SSSR count). The van der Waals surface area contributed by atoms with Crippen molar-refractivity contribution in [1.29, 1.82) is 0 Å². The number of hydrogen-bond acceptors (Lipinski definition) is 1. The Balaban J connectivity index is 1.66. The number of hydrogen-bond donors (Lipinski definition) is 0. The molecule has 7 aromatic carbocycles. The van der Waals surface area contributed by atoms with Crippen LogP contribution in [0.3, 0.4) is 0 Å². The summed E-state index contributed by atoms with van der Waals surface area (Å²) in [5.74, 6) is 0. The summed E-state index contributed by atoms with van der Waals surface area (Å²) in [6.45, 7) is 0. The number of fused-ring (bicyclic) bond motifs is 1. The van der Waals surface area contributed by atoms with E-state index in [9.17, 15) is 8.22 Å². The lowest BCUT2D eigenvalue weighted by Crippen LogP contribution is -2.10. The van der Waals surface area contributed by atoms with Gasteiger partial charge in [-0.05, 0) is 86.5 Å². The van der Waals surface area contributed by atoms with Crippen molar-refractivity contribution in [2.24, 2.45) is 0 Å². The van der Waals surface area contributed by atoms with E-state index in [1.54, 1.807) is 36.4 Å². The molecule has 0 heterocycles. The highest BCUT2D eigenvalue weighted by atomic mass is 15.1. The Morgan fingerprint density at radius 2 is 0.878 bits per heavy atom. The first-order valence-electron chi connectivity index (χ1n) is 23.2. The molecule has 0 saturated carbocycles. The Bertz CT molecular complexity index is 2910. The first-order valence-corrected chi connectivity index (χ1v) is 12.2. The highest BCUT2D eigenvalue weighted by Crippen LogP contribution is 2.38. The molecule has 0 spiro atoms. The van der Waals surface area contributed by atoms with E-state index in [4.69, 9.17) is 21.9 Å². The van der Waals surface area contributed by atoms with Gasteiger partial charge < -0.3 is 4.90 Å². The van der Waals surface area contributed by atoms with Crippen LogP contribution >= 0.6 is 0 Å². The van der Waals surface area contributed by atoms with E-state index >= 15 is 0 Å². The second-order valence-electron chi connectivity index (χ2n) is 8.57. The van der Waals surface area contributed by atoms with Crippen molar-refractivity contribution in [2.45, 2.75) is 0 Å². The minimum absolute atomic E-state index is 0.172. The van der Waals surface area contributed by atoms with Crippen LogP contribution in [-0.4, -0.2) is 0 Å². The smallest absolute Gasteiger partial charge is 0.0651 e. The summed E-state index contributed by atoms with van der Waals surface area (Å²) in [6.07, 6.45) is 0. The van der Waals surface area contributed by atoms with Crippen LogP contribution < -0.4 is 4.90 Å². The first-order chi connectivity index (χ1) is 29.5. The quantitative estimate of drug-likeness (QED) is 0.201. The van der Waals surface area contributed by atoms with E-state index in [-0.39, 0.29) is 11.1 Å². The van der Waals surface area contributed by atoms with Gasteiger partial charge in [-0.2, -0.15) is 0 Å². The van der Waals surface area contributed by atoms with Gasteiger partial charge in [0.1, 0.15) is 0 Å². The van der Waals surface area contributed by atoms with Crippen LogP contribution in [0, 0.1) is 0 Å². The lowest BCUT2D eigenvalue weighted by Gasteiger charge is -2.26. The van der Waals surface area contributed by atoms with E-state index in [0.29, 0.717) is 10.3 Å². The van der Waals surface area contributed by atoms with Crippen LogP contribution in [0.1, 0.15) is 30.2 Å². The van der Waals surface area contributed by atoms with Crippen LogP contribution in [0.2, 0.25) is 0 Å². The van der Waals surface area contributed by atoms with Gasteiger partial charge in [0.15, 0.2) is 0 Å². The predicted octanol–water partition coefficient (Wildman–Crippen LogP) is 11.3. The molecule has 7 aromatic rings. The maximum absolute atomic E-state index is 9.58. The molecule has 1 nitrogen and oxygen atoms in total. The SMILES string of the molecule is [2H]c1c([2H])c([2H])c(-c2c([2H])c([2H])c(N(c3c([2H])c([2H])c(-c4c([2H])c([2H])c([2H])c([2H])c4[2H])c([2H])c3[2H])c3c([2H])c([2H])c([2H])c(-c4ccc5ccccc5c4)c3[2H])c([2H])c2[2H])c([2H])c1[2H]. The van der Waals surface area contributed by atoms with Crippen molar-refractivity contribution >= 4 is 27.8 Å². The summed E-state index contributed by atoms with van der Waals surface area (Å²) in [4.78, 5) is 0.533. The average Bonchev–Trinajstić information content (AvgIpc) is 3.26. The van der Waals surface area contributed by atoms with Gasteiger partial charge >= 0.3 is 0 Å². The molecule has 0 atom stereocenters. The van der Waals surface area contributed by atoms with Gasteiger partial charge in [0.05, 0.1) is 30.2 Å². The lowest BCUT2D eigenvalue weighted by atomic mass is 10.00. The molecule has 0 saturated heterocycles. The van der Waals surface area contributed by atoms with Crippen molar-refractivity contribution in [3.63, 3.8) is 0 Å². The molecule has 1 heteroatoms. The van der Waals surface area contributed by atoms with Gasteiger partial charge in [0.2, 0.25) is 0 Å². The van der Waals surface area contributed by atoms with E-state index < -0.39 is 172 Å². The first kappa shape index (κ1) is 10.5. The van der Waals surface area contributed by atoms with Crippen LogP contribution in [0.4, 0.5) is 17.1 Å². The van der Waals surface area contributed by atoms with Crippen molar-refractivity contribution < 1.29 is 30.2 Å². The highest BCUT2D eigenvalue weighted by Gasteiger charge is 2.14. The molecule has 41 heavy (non-hydrogen) atoms. The standard InChI is InChI=1S/C40H29N/c1-3-10-30(11-4-1)33-20-24-38(25-21-33)41(39-26-22-34(23-27-39)31-12-5-2-6-13-31)40-17-9-16-36(29-40)37-19-18-32-14-7-8-15-35(32)28-37/h1-29H/i1D,2D,3D,4D,5D,6D,9D,10D,11D,12D,13D,16D,17D,20D,21D,22D,23D,24D,25D,26D,27D,29D. The molecule has 0 N–H and O–H groups in total. The van der Waals surface area contributed by atoms with Gasteiger partial charge in [-0.25, -0.2) is 0 Å². The summed E-state index contributed by atoms with van der Waals surface area (Å²) in [6, 6.07) is -8.36. The number of anilines is 3. The fourth-order valence-electron chi connectivity index (χ4n) is 4.11. The topological polar surface area (TPSA) is 3.24 Å². The largest absolute Gasteiger partial charge is 0.310 e.